The van der Waals surface area contributed by atoms with Gasteiger partial charge in [0.2, 0.25) is 0 Å². The Balaban J connectivity index is 2.74. The third-order valence-corrected chi connectivity index (χ3v) is 4.12. The number of aromatic nitrogens is 2. The smallest absolute Gasteiger partial charge is 0.340 e. The number of H-pyrrole nitrogens is 1. The van der Waals surface area contributed by atoms with Crippen LogP contribution in [0.1, 0.15) is 18.5 Å². The van der Waals surface area contributed by atoms with Crippen LogP contribution in [0.5, 0.6) is 0 Å². The van der Waals surface area contributed by atoms with Gasteiger partial charge in [-0.1, -0.05) is 0 Å². The number of carboxylic acids is 2. The Bertz CT molecular complexity index is 510. The molecule has 0 fully saturated rings. The van der Waals surface area contributed by atoms with E-state index >= 15 is 0 Å². The molecule has 2 unspecified atom stereocenters. The molecule has 2 atom stereocenters. The van der Waals surface area contributed by atoms with Crippen LogP contribution in [-0.4, -0.2) is 47.6 Å². The Morgan fingerprint density at radius 1 is 1.30 bits per heavy atom. The Kier molecular flexibility index (Phi) is 5.43. The van der Waals surface area contributed by atoms with Crippen molar-refractivity contribution in [2.45, 2.75) is 24.9 Å². The topological polar surface area (TPSA) is 161 Å². The van der Waals surface area contributed by atoms with Crippen molar-refractivity contribution in [3.05, 3.63) is 18.2 Å². The largest absolute Gasteiger partial charge is 0.481 e. The van der Waals surface area contributed by atoms with Gasteiger partial charge in [0, 0.05) is 6.20 Å². The van der Waals surface area contributed by atoms with E-state index in [1.165, 1.54) is 6.33 Å². The maximum atomic E-state index is 11.1. The first-order valence-electron chi connectivity index (χ1n) is 5.72. The molecule has 0 radical (unpaired) electrons. The van der Waals surface area contributed by atoms with Crippen molar-refractivity contribution in [3.8, 4) is 0 Å². The number of rotatable bonds is 8. The highest BCUT2D eigenvalue weighted by molar-refractivity contribution is 7.53. The molecule has 0 bridgehead atoms. The fourth-order valence-electron chi connectivity index (χ4n) is 1.90. The molecule has 1 rings (SSSR count). The van der Waals surface area contributed by atoms with Gasteiger partial charge in [0.25, 0.3) is 0 Å². The van der Waals surface area contributed by atoms with Gasteiger partial charge in [0.15, 0.2) is 5.66 Å². The number of nitrogens with zero attached hydrogens (tertiary/aromatic N) is 1. The number of nitrogens with one attached hydrogen (secondary N) is 1. The summed E-state index contributed by atoms with van der Waals surface area (Å²) >= 11 is 0. The summed E-state index contributed by atoms with van der Waals surface area (Å²) in [4.78, 5) is 46.6. The number of aromatic amines is 1. The van der Waals surface area contributed by atoms with Gasteiger partial charge in [0.1, 0.15) is 0 Å². The Labute approximate surface area is 113 Å². The highest BCUT2D eigenvalue weighted by Crippen LogP contribution is 2.46. The summed E-state index contributed by atoms with van der Waals surface area (Å²) in [6.45, 7) is 0. The van der Waals surface area contributed by atoms with Gasteiger partial charge in [-0.2, -0.15) is 0 Å². The molecule has 0 amide bonds. The molecule has 0 aliphatic rings. The standard InChI is InChI=1S/C10H15N2O7P/c13-9(14)7(8(10(15)16)20(17,18)19)3-1-2-6-4-11-5-12-6/h4-5,7-8H,1-3H2,(H,11,12)(H,13,14)(H,15,16)(H2,17,18,19). The van der Waals surface area contributed by atoms with Crippen LogP contribution >= 0.6 is 7.60 Å². The summed E-state index contributed by atoms with van der Waals surface area (Å²) in [5, 5.41) is 17.8. The summed E-state index contributed by atoms with van der Waals surface area (Å²) in [5.41, 5.74) is -1.57. The number of imidazole rings is 1. The minimum atomic E-state index is -5.04. The molecular weight excluding hydrogens is 291 g/mol. The predicted molar refractivity (Wildman–Crippen MR) is 66.1 cm³/mol. The zero-order valence-electron chi connectivity index (χ0n) is 10.3. The van der Waals surface area contributed by atoms with E-state index in [0.29, 0.717) is 12.1 Å². The molecule has 1 aromatic rings. The number of aliphatic carboxylic acids is 2. The number of hydrogen-bond acceptors (Lipinski definition) is 4. The van der Waals surface area contributed by atoms with Gasteiger partial charge < -0.3 is 25.0 Å². The molecular formula is C10H15N2O7P. The lowest BCUT2D eigenvalue weighted by molar-refractivity contribution is -0.148. The van der Waals surface area contributed by atoms with E-state index in [4.69, 9.17) is 20.0 Å². The van der Waals surface area contributed by atoms with Crippen LogP contribution in [0.2, 0.25) is 0 Å². The highest BCUT2D eigenvalue weighted by atomic mass is 31.2. The van der Waals surface area contributed by atoms with Crippen LogP contribution in [0.25, 0.3) is 0 Å². The molecule has 1 aromatic heterocycles. The van der Waals surface area contributed by atoms with Gasteiger partial charge >= 0.3 is 19.5 Å². The molecule has 0 aliphatic heterocycles. The fourth-order valence-corrected chi connectivity index (χ4v) is 2.93. The van der Waals surface area contributed by atoms with E-state index in [-0.39, 0.29) is 12.8 Å². The molecule has 9 nitrogen and oxygen atoms in total. The van der Waals surface area contributed by atoms with Crippen LogP contribution < -0.4 is 0 Å². The average Bonchev–Trinajstić information content (AvgIpc) is 2.77. The normalized spacial score (nSPS) is 14.7. The third kappa shape index (κ3) is 4.44. The molecule has 20 heavy (non-hydrogen) atoms. The summed E-state index contributed by atoms with van der Waals surface area (Å²) in [5.74, 6) is -5.00. The van der Waals surface area contributed by atoms with Crippen molar-refractivity contribution >= 4 is 19.5 Å². The first kappa shape index (κ1) is 16.4. The van der Waals surface area contributed by atoms with Crippen molar-refractivity contribution in [1.82, 2.24) is 9.97 Å². The first-order valence-corrected chi connectivity index (χ1v) is 7.40. The van der Waals surface area contributed by atoms with Gasteiger partial charge in [-0.3, -0.25) is 14.2 Å². The summed E-state index contributed by atoms with van der Waals surface area (Å²) in [6, 6.07) is 0. The van der Waals surface area contributed by atoms with E-state index in [9.17, 15) is 14.2 Å². The zero-order valence-corrected chi connectivity index (χ0v) is 11.2. The van der Waals surface area contributed by atoms with Gasteiger partial charge in [0.05, 0.1) is 17.9 Å². The Morgan fingerprint density at radius 2 is 1.95 bits per heavy atom. The van der Waals surface area contributed by atoms with Crippen molar-refractivity contribution in [2.75, 3.05) is 0 Å². The minimum Gasteiger partial charge on any atom is -0.481 e. The summed E-state index contributed by atoms with van der Waals surface area (Å²) in [6.07, 6.45) is 3.53. The quantitative estimate of drug-likeness (QED) is 0.421. The lowest BCUT2D eigenvalue weighted by Crippen LogP contribution is -2.35. The van der Waals surface area contributed by atoms with E-state index in [1.54, 1.807) is 6.20 Å². The molecule has 0 spiro atoms. The Morgan fingerprint density at radius 3 is 2.35 bits per heavy atom. The lowest BCUT2D eigenvalue weighted by atomic mass is 9.97. The summed E-state index contributed by atoms with van der Waals surface area (Å²) in [7, 11) is -5.04. The van der Waals surface area contributed by atoms with Crippen LogP contribution in [0.4, 0.5) is 0 Å². The van der Waals surface area contributed by atoms with Crippen molar-refractivity contribution in [2.24, 2.45) is 5.92 Å². The minimum absolute atomic E-state index is 0.162. The lowest BCUT2D eigenvalue weighted by Gasteiger charge is -2.20. The number of carboxylic acid groups (broad SMARTS) is 2. The summed E-state index contributed by atoms with van der Waals surface area (Å²) < 4.78 is 11.1. The van der Waals surface area contributed by atoms with Gasteiger partial charge in [-0.15, -0.1) is 0 Å². The van der Waals surface area contributed by atoms with Crippen LogP contribution in [0, 0.1) is 5.92 Å². The van der Waals surface area contributed by atoms with E-state index in [2.05, 4.69) is 9.97 Å². The second-order valence-corrected chi connectivity index (χ2v) is 6.00. The molecule has 0 saturated heterocycles. The molecule has 1 heterocycles. The zero-order chi connectivity index (χ0) is 15.3. The SMILES string of the molecule is O=C(O)C(CCCc1c[nH]cn1)C(C(=O)O)P(=O)(O)O. The van der Waals surface area contributed by atoms with Crippen LogP contribution in [0.3, 0.4) is 0 Å². The van der Waals surface area contributed by atoms with Crippen LogP contribution in [0.15, 0.2) is 12.5 Å². The van der Waals surface area contributed by atoms with E-state index in [1.807, 2.05) is 0 Å². The second-order valence-electron chi connectivity index (χ2n) is 4.27. The maximum absolute atomic E-state index is 11.1. The number of hydrogen-bond donors (Lipinski definition) is 5. The Hall–Kier alpha value is -1.70. The number of carbonyl (C=O) groups is 2. The van der Waals surface area contributed by atoms with Crippen LogP contribution in [-0.2, 0) is 20.6 Å². The van der Waals surface area contributed by atoms with Gasteiger partial charge in [-0.05, 0) is 19.3 Å². The molecule has 0 aliphatic carbocycles. The molecule has 0 aromatic carbocycles. The maximum Gasteiger partial charge on any atom is 0.340 e. The predicted octanol–water partition coefficient (Wildman–Crippen LogP) is 0.0641. The average molecular weight is 306 g/mol. The van der Waals surface area contributed by atoms with E-state index in [0.717, 1.165) is 0 Å². The van der Waals surface area contributed by atoms with Gasteiger partial charge in [-0.25, -0.2) is 4.98 Å². The second kappa shape index (κ2) is 6.65. The van der Waals surface area contributed by atoms with Crippen molar-refractivity contribution < 1.29 is 34.2 Å². The first-order chi connectivity index (χ1) is 9.23. The fraction of sp³-hybridized carbons (Fsp3) is 0.500. The molecule has 10 heteroatoms. The molecule has 112 valence electrons. The monoisotopic (exact) mass is 306 g/mol. The molecule has 0 saturated carbocycles. The van der Waals surface area contributed by atoms with Crippen molar-refractivity contribution in [1.29, 1.82) is 0 Å². The van der Waals surface area contributed by atoms with Crippen molar-refractivity contribution in [3.63, 3.8) is 0 Å². The number of aryl methyl sites for hydroxylation is 1. The van der Waals surface area contributed by atoms with E-state index < -0.39 is 31.1 Å². The third-order valence-electron chi connectivity index (χ3n) is 2.82. The highest BCUT2D eigenvalue weighted by Gasteiger charge is 2.45. The molecule has 5 N–H and O–H groups in total.